The van der Waals surface area contributed by atoms with Gasteiger partial charge in [0.1, 0.15) is 12.4 Å². The average molecular weight is 634 g/mol. The monoisotopic (exact) mass is 633 g/mol. The fourth-order valence-corrected chi connectivity index (χ4v) is 6.58. The number of carbonyl (C=O) groups is 1. The summed E-state index contributed by atoms with van der Waals surface area (Å²) in [6.45, 7) is 0.238. The van der Waals surface area contributed by atoms with Gasteiger partial charge in [-0.25, -0.2) is 13.2 Å². The van der Waals surface area contributed by atoms with Crippen LogP contribution in [0.3, 0.4) is 0 Å². The van der Waals surface area contributed by atoms with Crippen LogP contribution < -0.4 is 15.5 Å². The number of ether oxygens (including phenoxy) is 1. The normalized spacial score (nSPS) is 15.9. The molecule has 0 spiro atoms. The number of rotatable bonds is 10. The van der Waals surface area contributed by atoms with Gasteiger partial charge in [0.2, 0.25) is 5.43 Å². The van der Waals surface area contributed by atoms with Crippen LogP contribution in [0.5, 0.6) is 5.75 Å². The molecule has 0 radical (unpaired) electrons. The Morgan fingerprint density at radius 2 is 1.64 bits per heavy atom. The van der Waals surface area contributed by atoms with Gasteiger partial charge >= 0.3 is 0 Å². The van der Waals surface area contributed by atoms with Crippen LogP contribution in [0.1, 0.15) is 43.9 Å². The molecule has 9 heteroatoms. The molecule has 236 valence electrons. The third-order valence-electron chi connectivity index (χ3n) is 8.90. The maximum absolute atomic E-state index is 15.1. The van der Waals surface area contributed by atoms with E-state index in [9.17, 15) is 18.4 Å². The zero-order valence-corrected chi connectivity index (χ0v) is 25.2. The summed E-state index contributed by atoms with van der Waals surface area (Å²) in [6.07, 6.45) is 3.96. The van der Waals surface area contributed by atoms with Gasteiger partial charge in [0.25, 0.3) is 5.91 Å². The molecule has 2 aliphatic rings. The molecule has 1 aromatic heterocycles. The van der Waals surface area contributed by atoms with Gasteiger partial charge in [0, 0.05) is 24.4 Å². The number of pyridine rings is 1. The van der Waals surface area contributed by atoms with Gasteiger partial charge in [-0.15, -0.1) is 0 Å². The van der Waals surface area contributed by atoms with Crippen molar-refractivity contribution in [3.63, 3.8) is 0 Å². The number of nitrogens with zero attached hydrogens (tertiary/aromatic N) is 1. The average Bonchev–Trinajstić information content (AvgIpc) is 3.57. The highest BCUT2D eigenvalue weighted by Gasteiger charge is 2.49. The van der Waals surface area contributed by atoms with Crippen LogP contribution >= 0.6 is 0 Å². The first kappa shape index (κ1) is 30.3. The predicted molar refractivity (Wildman–Crippen MR) is 172 cm³/mol. The molecular formula is C38H30F3N3O3. The highest BCUT2D eigenvalue weighted by molar-refractivity contribution is 5.95. The molecule has 0 aliphatic heterocycles. The Labute approximate surface area is 269 Å². The largest absolute Gasteiger partial charge is 0.483 e. The molecule has 1 atom stereocenters. The van der Waals surface area contributed by atoms with E-state index >= 15 is 4.39 Å². The smallest absolute Gasteiger partial charge is 0.275 e. The molecule has 0 saturated carbocycles. The lowest BCUT2D eigenvalue weighted by Crippen LogP contribution is -2.50. The van der Waals surface area contributed by atoms with Crippen LogP contribution in [0.25, 0.3) is 6.08 Å². The topological polar surface area (TPSA) is 74.4 Å². The number of benzene rings is 4. The molecule has 1 amide bonds. The standard InChI is InChI=1S/C38H30F3N3O3/c39-28-12-10-24(11-13-28)17-19-44(37(46)35-36(33(45)16-18-42-35)47-22-25-6-2-1-3-7-25)23-43-38-27(20-26-8-4-5-9-30(26)38)21-29-31(38)14-15-32(40)34(29)41/h1-16,18,20,43H,17,19,21-23H2,(H,42,45). The zero-order chi connectivity index (χ0) is 32.5. The van der Waals surface area contributed by atoms with Crippen LogP contribution in [0, 0.1) is 17.5 Å². The van der Waals surface area contributed by atoms with Gasteiger partial charge in [-0.2, -0.15) is 0 Å². The Hall–Kier alpha value is -5.41. The second kappa shape index (κ2) is 12.4. The van der Waals surface area contributed by atoms with Gasteiger partial charge in [-0.05, 0) is 64.4 Å². The van der Waals surface area contributed by atoms with Crippen molar-refractivity contribution in [2.45, 2.75) is 25.0 Å². The van der Waals surface area contributed by atoms with E-state index in [-0.39, 0.29) is 49.1 Å². The molecule has 5 aromatic rings. The van der Waals surface area contributed by atoms with E-state index in [0.717, 1.165) is 33.9 Å². The molecule has 7 rings (SSSR count). The Balaban J connectivity index is 1.24. The van der Waals surface area contributed by atoms with E-state index < -0.39 is 28.5 Å². The van der Waals surface area contributed by atoms with E-state index in [1.54, 1.807) is 18.2 Å². The van der Waals surface area contributed by atoms with Crippen molar-refractivity contribution >= 4 is 12.0 Å². The third-order valence-corrected chi connectivity index (χ3v) is 8.90. The van der Waals surface area contributed by atoms with Gasteiger partial charge < -0.3 is 14.6 Å². The maximum atomic E-state index is 15.1. The van der Waals surface area contributed by atoms with Crippen molar-refractivity contribution < 1.29 is 22.7 Å². The molecule has 2 aliphatic carbocycles. The predicted octanol–water partition coefficient (Wildman–Crippen LogP) is 6.50. The van der Waals surface area contributed by atoms with E-state index in [2.05, 4.69) is 10.3 Å². The van der Waals surface area contributed by atoms with E-state index in [1.165, 1.54) is 29.3 Å². The summed E-state index contributed by atoms with van der Waals surface area (Å²) >= 11 is 0. The highest BCUT2D eigenvalue weighted by Crippen LogP contribution is 2.52. The molecule has 0 bridgehead atoms. The summed E-state index contributed by atoms with van der Waals surface area (Å²) in [5.41, 5.74) is 3.65. The summed E-state index contributed by atoms with van der Waals surface area (Å²) in [7, 11) is 0. The quantitative estimate of drug-likeness (QED) is 0.172. The molecule has 4 aromatic carbocycles. The molecule has 1 unspecified atom stereocenters. The van der Waals surface area contributed by atoms with Gasteiger partial charge in [0.05, 0.1) is 12.2 Å². The van der Waals surface area contributed by atoms with Crippen molar-refractivity contribution in [1.29, 1.82) is 0 Å². The second-order valence-corrected chi connectivity index (χ2v) is 11.7. The molecule has 2 N–H and O–H groups in total. The molecule has 47 heavy (non-hydrogen) atoms. The maximum Gasteiger partial charge on any atom is 0.275 e. The number of halogens is 3. The Morgan fingerprint density at radius 3 is 2.45 bits per heavy atom. The number of amides is 1. The summed E-state index contributed by atoms with van der Waals surface area (Å²) in [5, 5.41) is 3.56. The molecule has 1 heterocycles. The minimum atomic E-state index is -1.01. The van der Waals surface area contributed by atoms with E-state index in [4.69, 9.17) is 4.74 Å². The van der Waals surface area contributed by atoms with Crippen molar-refractivity contribution in [3.8, 4) is 5.75 Å². The number of fused-ring (bicyclic) bond motifs is 5. The molecular weight excluding hydrogens is 603 g/mol. The lowest BCUT2D eigenvalue weighted by Gasteiger charge is -2.35. The Kier molecular flexibility index (Phi) is 7.99. The highest BCUT2D eigenvalue weighted by atomic mass is 19.2. The number of aromatic amines is 1. The molecule has 0 fully saturated rings. The fourth-order valence-electron chi connectivity index (χ4n) is 6.58. The SMILES string of the molecule is O=C(c1[nH]ccc(=O)c1OCc1ccccc1)N(CCc1ccc(F)cc1)CNC12C(=Cc3ccccc31)Cc1c2ccc(F)c1F. The lowest BCUT2D eigenvalue weighted by atomic mass is 9.84. The molecule has 6 nitrogen and oxygen atoms in total. The number of carbonyl (C=O) groups excluding carboxylic acids is 1. The van der Waals surface area contributed by atoms with Gasteiger partial charge in [0.15, 0.2) is 23.1 Å². The first-order valence-corrected chi connectivity index (χ1v) is 15.3. The number of hydrogen-bond acceptors (Lipinski definition) is 4. The number of aromatic nitrogens is 1. The summed E-state index contributed by atoms with van der Waals surface area (Å²) in [4.78, 5) is 31.8. The van der Waals surface area contributed by atoms with Gasteiger partial charge in [-0.3, -0.25) is 14.9 Å². The first-order chi connectivity index (χ1) is 22.8. The summed E-state index contributed by atoms with van der Waals surface area (Å²) in [6, 6.07) is 27.1. The second-order valence-electron chi connectivity index (χ2n) is 11.7. The molecule has 0 saturated heterocycles. The minimum Gasteiger partial charge on any atom is -0.483 e. The number of hydrogen-bond donors (Lipinski definition) is 2. The Bertz CT molecular complexity index is 2060. The van der Waals surface area contributed by atoms with Crippen LogP contribution in [0.2, 0.25) is 0 Å². The number of nitrogens with one attached hydrogen (secondary N) is 2. The van der Waals surface area contributed by atoms with Crippen LogP contribution in [0.4, 0.5) is 13.2 Å². The van der Waals surface area contributed by atoms with Crippen LogP contribution in [-0.4, -0.2) is 29.0 Å². The third kappa shape index (κ3) is 5.53. The van der Waals surface area contributed by atoms with Gasteiger partial charge in [-0.1, -0.05) is 78.9 Å². The van der Waals surface area contributed by atoms with Crippen molar-refractivity contribution in [3.05, 3.63) is 176 Å². The van der Waals surface area contributed by atoms with Crippen LogP contribution in [-0.2, 0) is 25.0 Å². The van der Waals surface area contributed by atoms with E-state index in [0.29, 0.717) is 12.0 Å². The summed E-state index contributed by atoms with van der Waals surface area (Å²) < 4.78 is 49.1. The zero-order valence-electron chi connectivity index (χ0n) is 25.2. The Morgan fingerprint density at radius 1 is 0.872 bits per heavy atom. The van der Waals surface area contributed by atoms with Crippen molar-refractivity contribution in [2.75, 3.05) is 13.2 Å². The number of H-pyrrole nitrogens is 1. The van der Waals surface area contributed by atoms with Crippen LogP contribution in [0.15, 0.2) is 114 Å². The van der Waals surface area contributed by atoms with Crippen molar-refractivity contribution in [1.82, 2.24) is 15.2 Å². The first-order valence-electron chi connectivity index (χ1n) is 15.3. The lowest BCUT2D eigenvalue weighted by molar-refractivity contribution is 0.0721. The fraction of sp³-hybridized carbons (Fsp3) is 0.158. The summed E-state index contributed by atoms with van der Waals surface area (Å²) in [5.74, 6) is -2.78. The van der Waals surface area contributed by atoms with Crippen molar-refractivity contribution in [2.24, 2.45) is 0 Å². The van der Waals surface area contributed by atoms with E-state index in [1.807, 2.05) is 60.7 Å². The minimum absolute atomic E-state index is 0.0191.